The second-order valence-corrected chi connectivity index (χ2v) is 3.40. The van der Waals surface area contributed by atoms with Crippen LogP contribution in [0.3, 0.4) is 0 Å². The van der Waals surface area contributed by atoms with Gasteiger partial charge < -0.3 is 15.2 Å². The number of aliphatic hydroxyl groups excluding tert-OH is 1. The van der Waals surface area contributed by atoms with Gasteiger partial charge in [-0.15, -0.1) is 0 Å². The number of rotatable bonds is 5. The molecule has 0 aromatic heterocycles. The highest BCUT2D eigenvalue weighted by Crippen LogP contribution is 2.15. The Labute approximate surface area is 97.2 Å². The summed E-state index contributed by atoms with van der Waals surface area (Å²) >= 11 is 0. The van der Waals surface area contributed by atoms with Crippen molar-refractivity contribution in [2.24, 2.45) is 0 Å². The SMILES string of the molecule is COC(=O)CNCC(O)c1ccc(F)c(F)c1. The van der Waals surface area contributed by atoms with Crippen LogP contribution in [0.25, 0.3) is 0 Å². The van der Waals surface area contributed by atoms with E-state index >= 15 is 0 Å². The minimum Gasteiger partial charge on any atom is -0.468 e. The Morgan fingerprint density at radius 1 is 1.47 bits per heavy atom. The summed E-state index contributed by atoms with van der Waals surface area (Å²) in [6, 6.07) is 3.14. The molecule has 6 heteroatoms. The molecule has 4 nitrogen and oxygen atoms in total. The lowest BCUT2D eigenvalue weighted by Gasteiger charge is -2.11. The van der Waals surface area contributed by atoms with Gasteiger partial charge in [0.1, 0.15) is 0 Å². The minimum absolute atomic E-state index is 0.0418. The van der Waals surface area contributed by atoms with Crippen LogP contribution in [0.5, 0.6) is 0 Å². The summed E-state index contributed by atoms with van der Waals surface area (Å²) in [5.41, 5.74) is 0.237. The Bertz CT molecular complexity index is 398. The molecule has 94 valence electrons. The number of hydrogen-bond donors (Lipinski definition) is 2. The zero-order valence-electron chi connectivity index (χ0n) is 9.24. The standard InChI is InChI=1S/C11H13F2NO3/c1-17-11(16)6-14-5-10(15)7-2-3-8(12)9(13)4-7/h2-4,10,14-15H,5-6H2,1H3. The molecule has 1 aromatic carbocycles. The molecule has 0 radical (unpaired) electrons. The predicted molar refractivity (Wildman–Crippen MR) is 56.2 cm³/mol. The molecular formula is C11H13F2NO3. The summed E-state index contributed by atoms with van der Waals surface area (Å²) in [5.74, 6) is -2.46. The maximum Gasteiger partial charge on any atom is 0.319 e. The van der Waals surface area contributed by atoms with Crippen molar-refractivity contribution in [2.75, 3.05) is 20.2 Å². The Kier molecular flexibility index (Phi) is 4.99. The third-order valence-corrected chi connectivity index (χ3v) is 2.16. The van der Waals surface area contributed by atoms with Crippen molar-refractivity contribution in [3.8, 4) is 0 Å². The number of nitrogens with one attached hydrogen (secondary N) is 1. The third-order valence-electron chi connectivity index (χ3n) is 2.16. The average molecular weight is 245 g/mol. The van der Waals surface area contributed by atoms with E-state index in [9.17, 15) is 18.7 Å². The van der Waals surface area contributed by atoms with Gasteiger partial charge in [0.25, 0.3) is 0 Å². The van der Waals surface area contributed by atoms with Gasteiger partial charge >= 0.3 is 5.97 Å². The van der Waals surface area contributed by atoms with Gasteiger partial charge in [-0.25, -0.2) is 8.78 Å². The van der Waals surface area contributed by atoms with Gasteiger partial charge in [-0.3, -0.25) is 4.79 Å². The summed E-state index contributed by atoms with van der Waals surface area (Å²) in [6.45, 7) is -0.0165. The normalized spacial score (nSPS) is 12.2. The maximum absolute atomic E-state index is 12.9. The summed E-state index contributed by atoms with van der Waals surface area (Å²) < 4.78 is 29.9. The fourth-order valence-corrected chi connectivity index (χ4v) is 1.22. The van der Waals surface area contributed by atoms with Crippen LogP contribution in [0.15, 0.2) is 18.2 Å². The molecule has 0 fully saturated rings. The molecule has 0 spiro atoms. The predicted octanol–water partition coefficient (Wildman–Crippen LogP) is 0.761. The fourth-order valence-electron chi connectivity index (χ4n) is 1.22. The molecule has 1 aromatic rings. The molecule has 0 saturated carbocycles. The molecule has 1 unspecified atom stereocenters. The molecule has 1 atom stereocenters. The maximum atomic E-state index is 12.9. The van der Waals surface area contributed by atoms with E-state index in [1.54, 1.807) is 0 Å². The lowest BCUT2D eigenvalue weighted by Crippen LogP contribution is -2.28. The van der Waals surface area contributed by atoms with E-state index in [1.165, 1.54) is 13.2 Å². The second kappa shape index (κ2) is 6.27. The molecule has 17 heavy (non-hydrogen) atoms. The summed E-state index contributed by atoms with van der Waals surface area (Å²) in [5, 5.41) is 12.2. The largest absolute Gasteiger partial charge is 0.468 e. The first kappa shape index (κ1) is 13.5. The first-order chi connectivity index (χ1) is 8.04. The third kappa shape index (κ3) is 4.08. The molecule has 0 heterocycles. The Balaban J connectivity index is 2.49. The van der Waals surface area contributed by atoms with Crippen molar-refractivity contribution in [3.63, 3.8) is 0 Å². The molecule has 0 aliphatic rings. The van der Waals surface area contributed by atoms with E-state index in [0.29, 0.717) is 0 Å². The van der Waals surface area contributed by atoms with Gasteiger partial charge in [0.05, 0.1) is 19.8 Å². The zero-order valence-corrected chi connectivity index (χ0v) is 9.24. The number of carbonyl (C=O) groups excluding carboxylic acids is 1. The van der Waals surface area contributed by atoms with E-state index in [4.69, 9.17) is 0 Å². The first-order valence-corrected chi connectivity index (χ1v) is 4.95. The van der Waals surface area contributed by atoms with Crippen LogP contribution in [0.2, 0.25) is 0 Å². The van der Waals surface area contributed by atoms with Crippen LogP contribution < -0.4 is 5.32 Å². The van der Waals surface area contributed by atoms with Crippen LogP contribution >= 0.6 is 0 Å². The highest BCUT2D eigenvalue weighted by atomic mass is 19.2. The van der Waals surface area contributed by atoms with Crippen LogP contribution in [-0.2, 0) is 9.53 Å². The van der Waals surface area contributed by atoms with E-state index < -0.39 is 23.7 Å². The van der Waals surface area contributed by atoms with Gasteiger partial charge in [0, 0.05) is 6.54 Å². The van der Waals surface area contributed by atoms with Gasteiger partial charge in [-0.1, -0.05) is 6.07 Å². The van der Waals surface area contributed by atoms with E-state index in [2.05, 4.69) is 10.1 Å². The molecule has 0 amide bonds. The molecule has 0 bridgehead atoms. The summed E-state index contributed by atoms with van der Waals surface area (Å²) in [6.07, 6.45) is -1.02. The van der Waals surface area contributed by atoms with Gasteiger partial charge in [0.15, 0.2) is 11.6 Å². The Morgan fingerprint density at radius 2 is 2.18 bits per heavy atom. The minimum atomic E-state index is -1.02. The highest BCUT2D eigenvalue weighted by Gasteiger charge is 2.11. The number of aliphatic hydroxyl groups is 1. The quantitative estimate of drug-likeness (QED) is 0.752. The van der Waals surface area contributed by atoms with Crippen molar-refractivity contribution >= 4 is 5.97 Å². The Hall–Kier alpha value is -1.53. The summed E-state index contributed by atoms with van der Waals surface area (Å²) in [4.78, 5) is 10.8. The van der Waals surface area contributed by atoms with Gasteiger partial charge in [-0.2, -0.15) is 0 Å². The van der Waals surface area contributed by atoms with E-state index in [1.807, 2.05) is 0 Å². The fraction of sp³-hybridized carbons (Fsp3) is 0.364. The van der Waals surface area contributed by atoms with Crippen molar-refractivity contribution in [1.82, 2.24) is 5.32 Å². The lowest BCUT2D eigenvalue weighted by atomic mass is 10.1. The molecule has 0 aliphatic carbocycles. The topological polar surface area (TPSA) is 58.6 Å². The number of benzene rings is 1. The van der Waals surface area contributed by atoms with Crippen molar-refractivity contribution in [3.05, 3.63) is 35.4 Å². The van der Waals surface area contributed by atoms with E-state index in [-0.39, 0.29) is 18.7 Å². The number of halogens is 2. The highest BCUT2D eigenvalue weighted by molar-refractivity contribution is 5.71. The average Bonchev–Trinajstić information content (AvgIpc) is 2.32. The van der Waals surface area contributed by atoms with Crippen LogP contribution in [0.1, 0.15) is 11.7 Å². The van der Waals surface area contributed by atoms with Crippen molar-refractivity contribution in [1.29, 1.82) is 0 Å². The summed E-state index contributed by atoms with van der Waals surface area (Å²) in [7, 11) is 1.25. The number of methoxy groups -OCH3 is 1. The molecule has 2 N–H and O–H groups in total. The monoisotopic (exact) mass is 245 g/mol. The Morgan fingerprint density at radius 3 is 2.76 bits per heavy atom. The van der Waals surface area contributed by atoms with E-state index in [0.717, 1.165) is 12.1 Å². The molecule has 0 aliphatic heterocycles. The smallest absolute Gasteiger partial charge is 0.319 e. The van der Waals surface area contributed by atoms with Crippen LogP contribution in [-0.4, -0.2) is 31.3 Å². The number of esters is 1. The van der Waals surface area contributed by atoms with Crippen LogP contribution in [0.4, 0.5) is 8.78 Å². The number of carbonyl (C=O) groups is 1. The number of hydrogen-bond acceptors (Lipinski definition) is 4. The number of ether oxygens (including phenoxy) is 1. The lowest BCUT2D eigenvalue weighted by molar-refractivity contribution is -0.139. The first-order valence-electron chi connectivity index (χ1n) is 4.95. The van der Waals surface area contributed by atoms with Crippen molar-refractivity contribution < 1.29 is 23.4 Å². The molecule has 1 rings (SSSR count). The van der Waals surface area contributed by atoms with Crippen LogP contribution in [0, 0.1) is 11.6 Å². The second-order valence-electron chi connectivity index (χ2n) is 3.40. The zero-order chi connectivity index (χ0) is 12.8. The van der Waals surface area contributed by atoms with Gasteiger partial charge in [-0.05, 0) is 17.7 Å². The molecular weight excluding hydrogens is 232 g/mol. The van der Waals surface area contributed by atoms with Gasteiger partial charge in [0.2, 0.25) is 0 Å². The molecule has 0 saturated heterocycles. The van der Waals surface area contributed by atoms with Crippen molar-refractivity contribution in [2.45, 2.75) is 6.10 Å².